The number of piperazine rings is 1. The average Bonchev–Trinajstić information content (AvgIpc) is 3.38. The third-order valence-corrected chi connectivity index (χ3v) is 8.57. The quantitative estimate of drug-likeness (QED) is 0.365. The van der Waals surface area contributed by atoms with Gasteiger partial charge >= 0.3 is 0 Å². The highest BCUT2D eigenvalue weighted by molar-refractivity contribution is 7.10. The number of thiophene rings is 1. The van der Waals surface area contributed by atoms with Crippen molar-refractivity contribution in [2.24, 2.45) is 0 Å². The van der Waals surface area contributed by atoms with Crippen molar-refractivity contribution >= 4 is 23.2 Å². The molecule has 196 valence electrons. The van der Waals surface area contributed by atoms with Gasteiger partial charge in [0.25, 0.3) is 0 Å². The molecule has 0 radical (unpaired) electrons. The molecule has 3 heterocycles. The van der Waals surface area contributed by atoms with E-state index in [-0.39, 0.29) is 23.7 Å². The number of amides is 2. The second kappa shape index (κ2) is 13.3. The van der Waals surface area contributed by atoms with Crippen LogP contribution in [0.3, 0.4) is 0 Å². The van der Waals surface area contributed by atoms with Gasteiger partial charge in [0.1, 0.15) is 5.82 Å². The minimum Gasteiger partial charge on any atom is -0.339 e. The SMILES string of the molecule is CCCCCCCCC(=O)N1CCN(C(=O)CCN2CCc3sccc3C2c2cccc(F)c2)CC1. The molecule has 2 aromatic rings. The number of carbonyl (C=O) groups excluding carboxylic acids is 2. The van der Waals surface area contributed by atoms with Crippen molar-refractivity contribution in [1.82, 2.24) is 14.7 Å². The molecular weight excluding hydrogens is 473 g/mol. The summed E-state index contributed by atoms with van der Waals surface area (Å²) >= 11 is 1.76. The normalized spacial score (nSPS) is 18.3. The first-order valence-electron chi connectivity index (χ1n) is 13.7. The van der Waals surface area contributed by atoms with Gasteiger partial charge in [-0.2, -0.15) is 0 Å². The molecule has 2 amide bonds. The first-order valence-corrected chi connectivity index (χ1v) is 14.6. The summed E-state index contributed by atoms with van der Waals surface area (Å²) in [5.74, 6) is 0.150. The lowest BCUT2D eigenvalue weighted by Gasteiger charge is -2.38. The summed E-state index contributed by atoms with van der Waals surface area (Å²) in [4.78, 5) is 33.1. The van der Waals surface area contributed by atoms with E-state index in [4.69, 9.17) is 0 Å². The molecule has 1 saturated heterocycles. The smallest absolute Gasteiger partial charge is 0.223 e. The topological polar surface area (TPSA) is 43.9 Å². The highest BCUT2D eigenvalue weighted by Gasteiger charge is 2.31. The molecule has 0 bridgehead atoms. The van der Waals surface area contributed by atoms with E-state index in [9.17, 15) is 14.0 Å². The molecule has 1 aromatic heterocycles. The number of unbranched alkanes of at least 4 members (excludes halogenated alkanes) is 5. The molecule has 0 N–H and O–H groups in total. The van der Waals surface area contributed by atoms with E-state index in [1.165, 1.54) is 42.2 Å². The molecule has 1 atom stereocenters. The van der Waals surface area contributed by atoms with Gasteiger partial charge in [-0.15, -0.1) is 11.3 Å². The zero-order chi connectivity index (χ0) is 25.3. The van der Waals surface area contributed by atoms with Gasteiger partial charge in [0.05, 0.1) is 6.04 Å². The number of fused-ring (bicyclic) bond motifs is 1. The summed E-state index contributed by atoms with van der Waals surface area (Å²) in [7, 11) is 0. The van der Waals surface area contributed by atoms with E-state index in [1.807, 2.05) is 15.9 Å². The van der Waals surface area contributed by atoms with Crippen LogP contribution in [0.2, 0.25) is 0 Å². The molecule has 5 nitrogen and oxygen atoms in total. The number of halogens is 1. The first-order chi connectivity index (χ1) is 17.6. The van der Waals surface area contributed by atoms with E-state index in [2.05, 4.69) is 23.3 Å². The molecular formula is C29H40FN3O2S. The molecule has 2 aliphatic heterocycles. The van der Waals surface area contributed by atoms with Crippen LogP contribution in [0.25, 0.3) is 0 Å². The molecule has 0 aliphatic carbocycles. The molecule has 36 heavy (non-hydrogen) atoms. The van der Waals surface area contributed by atoms with Crippen molar-refractivity contribution in [2.75, 3.05) is 39.3 Å². The predicted molar refractivity (Wildman–Crippen MR) is 144 cm³/mol. The Hall–Kier alpha value is -2.25. The van der Waals surface area contributed by atoms with Crippen LogP contribution in [-0.2, 0) is 16.0 Å². The summed E-state index contributed by atoms with van der Waals surface area (Å²) in [5.41, 5.74) is 2.18. The molecule has 4 rings (SSSR count). The zero-order valence-corrected chi connectivity index (χ0v) is 22.4. The van der Waals surface area contributed by atoms with E-state index >= 15 is 0 Å². The van der Waals surface area contributed by atoms with Gasteiger partial charge in [-0.1, -0.05) is 51.2 Å². The van der Waals surface area contributed by atoms with E-state index < -0.39 is 0 Å². The summed E-state index contributed by atoms with van der Waals surface area (Å²) in [5, 5.41) is 2.11. The Labute approximate surface area is 219 Å². The molecule has 1 fully saturated rings. The third kappa shape index (κ3) is 6.94. The van der Waals surface area contributed by atoms with Crippen LogP contribution in [0.4, 0.5) is 4.39 Å². The molecule has 0 saturated carbocycles. The van der Waals surface area contributed by atoms with Crippen LogP contribution in [0.15, 0.2) is 35.7 Å². The van der Waals surface area contributed by atoms with Crippen molar-refractivity contribution in [3.8, 4) is 0 Å². The van der Waals surface area contributed by atoms with Crippen molar-refractivity contribution in [2.45, 2.75) is 70.8 Å². The lowest BCUT2D eigenvalue weighted by molar-refractivity contribution is -0.139. The van der Waals surface area contributed by atoms with Gasteiger partial charge in [-0.3, -0.25) is 14.5 Å². The Morgan fingerprint density at radius 1 is 0.917 bits per heavy atom. The Balaban J connectivity index is 1.24. The van der Waals surface area contributed by atoms with Gasteiger partial charge in [-0.25, -0.2) is 4.39 Å². The highest BCUT2D eigenvalue weighted by atomic mass is 32.1. The minimum atomic E-state index is -0.227. The van der Waals surface area contributed by atoms with Gasteiger partial charge in [0.15, 0.2) is 0 Å². The Morgan fingerprint density at radius 2 is 1.61 bits per heavy atom. The fraction of sp³-hybridized carbons (Fsp3) is 0.586. The maximum absolute atomic E-state index is 14.0. The number of hydrogen-bond donors (Lipinski definition) is 0. The van der Waals surface area contributed by atoms with Crippen LogP contribution >= 0.6 is 11.3 Å². The van der Waals surface area contributed by atoms with E-state index in [0.717, 1.165) is 31.4 Å². The first kappa shape index (κ1) is 26.8. The van der Waals surface area contributed by atoms with Gasteiger partial charge in [0, 0.05) is 57.0 Å². The van der Waals surface area contributed by atoms with E-state index in [0.29, 0.717) is 45.6 Å². The minimum absolute atomic E-state index is 0.0139. The van der Waals surface area contributed by atoms with Crippen LogP contribution in [0, 0.1) is 5.82 Å². The molecule has 1 unspecified atom stereocenters. The molecule has 0 spiro atoms. The number of nitrogens with zero attached hydrogens (tertiary/aromatic N) is 3. The Morgan fingerprint density at radius 3 is 2.33 bits per heavy atom. The predicted octanol–water partition coefficient (Wildman–Crippen LogP) is 5.65. The van der Waals surface area contributed by atoms with E-state index in [1.54, 1.807) is 23.5 Å². The van der Waals surface area contributed by atoms with Crippen molar-refractivity contribution in [3.05, 3.63) is 57.5 Å². The number of hydrogen-bond acceptors (Lipinski definition) is 4. The van der Waals surface area contributed by atoms with Crippen LogP contribution < -0.4 is 0 Å². The Kier molecular flexibility index (Phi) is 9.93. The third-order valence-electron chi connectivity index (χ3n) is 7.57. The fourth-order valence-corrected chi connectivity index (χ4v) is 6.40. The van der Waals surface area contributed by atoms with Gasteiger partial charge < -0.3 is 9.80 Å². The summed E-state index contributed by atoms with van der Waals surface area (Å²) in [6, 6.07) is 8.98. The van der Waals surface area contributed by atoms with Crippen molar-refractivity contribution < 1.29 is 14.0 Å². The second-order valence-electron chi connectivity index (χ2n) is 10.1. The molecule has 2 aliphatic rings. The van der Waals surface area contributed by atoms with Gasteiger partial charge in [0.2, 0.25) is 11.8 Å². The number of rotatable bonds is 11. The lowest BCUT2D eigenvalue weighted by atomic mass is 9.93. The fourth-order valence-electron chi connectivity index (χ4n) is 5.49. The van der Waals surface area contributed by atoms with Crippen LogP contribution in [0.5, 0.6) is 0 Å². The Bertz CT molecular complexity index is 1000. The zero-order valence-electron chi connectivity index (χ0n) is 21.6. The van der Waals surface area contributed by atoms with Crippen molar-refractivity contribution in [1.29, 1.82) is 0 Å². The summed E-state index contributed by atoms with van der Waals surface area (Å²) in [6.45, 7) is 6.22. The standard InChI is InChI=1S/C29H40FN3O2S/c1-2-3-4-5-6-7-11-27(34)31-17-19-32(20-18-31)28(35)13-16-33-15-12-26-25(14-21-36-26)29(33)23-9-8-10-24(30)22-23/h8-10,14,21-22,29H,2-7,11-13,15-20H2,1H3. The average molecular weight is 514 g/mol. The highest BCUT2D eigenvalue weighted by Crippen LogP contribution is 2.38. The maximum Gasteiger partial charge on any atom is 0.223 e. The second-order valence-corrected chi connectivity index (χ2v) is 11.1. The largest absolute Gasteiger partial charge is 0.339 e. The van der Waals surface area contributed by atoms with Crippen molar-refractivity contribution in [3.63, 3.8) is 0 Å². The molecule has 7 heteroatoms. The number of carbonyl (C=O) groups is 2. The lowest BCUT2D eigenvalue weighted by Crippen LogP contribution is -2.51. The maximum atomic E-state index is 14.0. The van der Waals surface area contributed by atoms with Gasteiger partial charge in [-0.05, 0) is 47.5 Å². The molecule has 1 aromatic carbocycles. The summed E-state index contributed by atoms with van der Waals surface area (Å²) < 4.78 is 14.0. The monoisotopic (exact) mass is 513 g/mol. The summed E-state index contributed by atoms with van der Waals surface area (Å²) in [6.07, 6.45) is 9.13. The number of benzene rings is 1. The van der Waals surface area contributed by atoms with Crippen LogP contribution in [0.1, 0.15) is 80.3 Å². The van der Waals surface area contributed by atoms with Crippen LogP contribution in [-0.4, -0.2) is 65.8 Å².